The number of anilines is 1. The molecule has 0 radical (unpaired) electrons. The Morgan fingerprint density at radius 2 is 2.25 bits per heavy atom. The highest BCUT2D eigenvalue weighted by Gasteiger charge is 2.19. The van der Waals surface area contributed by atoms with Crippen molar-refractivity contribution in [2.24, 2.45) is 5.92 Å². The first-order chi connectivity index (χ1) is 9.61. The molecule has 1 N–H and O–H groups in total. The van der Waals surface area contributed by atoms with Gasteiger partial charge in [0.2, 0.25) is 5.69 Å². The molecule has 7 heteroatoms. The second-order valence-corrected chi connectivity index (χ2v) is 4.98. The van der Waals surface area contributed by atoms with Gasteiger partial charge in [-0.2, -0.15) is 5.26 Å². The highest BCUT2D eigenvalue weighted by atomic mass is 16.6. The smallest absolute Gasteiger partial charge is 0.305 e. The molecular formula is C13H17N5O2. The lowest BCUT2D eigenvalue weighted by Gasteiger charge is -2.28. The van der Waals surface area contributed by atoms with Crippen LogP contribution < -0.4 is 10.2 Å². The van der Waals surface area contributed by atoms with E-state index in [0.717, 1.165) is 32.5 Å². The third-order valence-electron chi connectivity index (χ3n) is 3.54. The van der Waals surface area contributed by atoms with Crippen LogP contribution in [0.25, 0.3) is 0 Å². The number of rotatable bonds is 4. The number of hydrogen-bond acceptors (Lipinski definition) is 6. The summed E-state index contributed by atoms with van der Waals surface area (Å²) < 4.78 is 0. The van der Waals surface area contributed by atoms with Crippen LogP contribution >= 0.6 is 0 Å². The van der Waals surface area contributed by atoms with Gasteiger partial charge in [0, 0.05) is 19.7 Å². The van der Waals surface area contributed by atoms with Gasteiger partial charge in [0.1, 0.15) is 11.9 Å². The summed E-state index contributed by atoms with van der Waals surface area (Å²) in [5.74, 6) is 1.19. The molecule has 0 amide bonds. The third kappa shape index (κ3) is 3.22. The molecule has 2 rings (SSSR count). The number of nitriles is 1. The summed E-state index contributed by atoms with van der Waals surface area (Å²) >= 11 is 0. The Hall–Kier alpha value is -2.20. The van der Waals surface area contributed by atoms with Gasteiger partial charge in [-0.1, -0.05) is 0 Å². The van der Waals surface area contributed by atoms with Crippen LogP contribution in [0.1, 0.15) is 18.5 Å². The molecule has 1 fully saturated rings. The van der Waals surface area contributed by atoms with Gasteiger partial charge in [-0.3, -0.25) is 10.1 Å². The van der Waals surface area contributed by atoms with E-state index in [1.807, 2.05) is 11.9 Å². The molecule has 1 aromatic heterocycles. The maximum atomic E-state index is 10.8. The Morgan fingerprint density at radius 3 is 2.85 bits per heavy atom. The van der Waals surface area contributed by atoms with Crippen LogP contribution in [0.3, 0.4) is 0 Å². The predicted molar refractivity (Wildman–Crippen MR) is 74.5 cm³/mol. The molecule has 0 spiro atoms. The maximum Gasteiger partial charge on any atom is 0.305 e. The zero-order chi connectivity index (χ0) is 14.5. The standard InChI is InChI=1S/C13H17N5O2/c1-17(9-10-4-6-15-7-5-10)13-3-2-12(18(19)20)11(8-14)16-13/h2-3,10,15H,4-7,9H2,1H3. The van der Waals surface area contributed by atoms with Gasteiger partial charge in [-0.05, 0) is 37.9 Å². The van der Waals surface area contributed by atoms with E-state index in [4.69, 9.17) is 5.26 Å². The minimum Gasteiger partial charge on any atom is -0.359 e. The molecule has 0 aliphatic carbocycles. The molecule has 20 heavy (non-hydrogen) atoms. The molecule has 0 aromatic carbocycles. The van der Waals surface area contributed by atoms with Crippen molar-refractivity contribution >= 4 is 11.5 Å². The summed E-state index contributed by atoms with van der Waals surface area (Å²) in [5, 5.41) is 23.0. The van der Waals surface area contributed by atoms with Crippen LogP contribution in [-0.4, -0.2) is 36.6 Å². The monoisotopic (exact) mass is 275 g/mol. The van der Waals surface area contributed by atoms with Crippen molar-refractivity contribution in [3.63, 3.8) is 0 Å². The Labute approximate surface area is 117 Å². The number of pyridine rings is 1. The summed E-state index contributed by atoms with van der Waals surface area (Å²) in [7, 11) is 1.90. The number of hydrogen-bond donors (Lipinski definition) is 1. The summed E-state index contributed by atoms with van der Waals surface area (Å²) in [6, 6.07) is 4.73. The van der Waals surface area contributed by atoms with Gasteiger partial charge in [0.15, 0.2) is 0 Å². The Balaban J connectivity index is 2.11. The molecule has 1 aromatic rings. The fourth-order valence-corrected chi connectivity index (χ4v) is 2.43. The third-order valence-corrected chi connectivity index (χ3v) is 3.54. The molecule has 1 saturated heterocycles. The highest BCUT2D eigenvalue weighted by molar-refractivity contribution is 5.51. The molecule has 0 unspecified atom stereocenters. The van der Waals surface area contributed by atoms with Crippen molar-refractivity contribution in [1.29, 1.82) is 5.26 Å². The maximum absolute atomic E-state index is 10.8. The second-order valence-electron chi connectivity index (χ2n) is 4.98. The highest BCUT2D eigenvalue weighted by Crippen LogP contribution is 2.22. The molecular weight excluding hydrogens is 258 g/mol. The van der Waals surface area contributed by atoms with Crippen LogP contribution in [0.15, 0.2) is 12.1 Å². The summed E-state index contributed by atoms with van der Waals surface area (Å²) in [5.41, 5.74) is -0.379. The van der Waals surface area contributed by atoms with E-state index in [1.54, 1.807) is 12.1 Å². The first kappa shape index (κ1) is 14.2. The van der Waals surface area contributed by atoms with E-state index in [1.165, 1.54) is 6.07 Å². The molecule has 1 aliphatic heterocycles. The minimum absolute atomic E-state index is 0.135. The Bertz CT molecular complexity index is 534. The molecule has 106 valence electrons. The number of nitrogens with zero attached hydrogens (tertiary/aromatic N) is 4. The van der Waals surface area contributed by atoms with Crippen molar-refractivity contribution < 1.29 is 4.92 Å². The lowest BCUT2D eigenvalue weighted by molar-refractivity contribution is -0.385. The quantitative estimate of drug-likeness (QED) is 0.657. The number of nitrogens with one attached hydrogen (secondary N) is 1. The van der Waals surface area contributed by atoms with Gasteiger partial charge in [-0.25, -0.2) is 4.98 Å². The molecule has 1 aliphatic rings. The molecule has 0 saturated carbocycles. The van der Waals surface area contributed by atoms with E-state index >= 15 is 0 Å². The van der Waals surface area contributed by atoms with E-state index in [9.17, 15) is 10.1 Å². The van der Waals surface area contributed by atoms with Crippen LogP contribution in [0, 0.1) is 27.4 Å². The van der Waals surface area contributed by atoms with E-state index in [0.29, 0.717) is 11.7 Å². The van der Waals surface area contributed by atoms with Crippen LogP contribution in [0.4, 0.5) is 11.5 Å². The number of piperidine rings is 1. The van der Waals surface area contributed by atoms with Gasteiger partial charge in [0.25, 0.3) is 0 Å². The molecule has 2 heterocycles. The zero-order valence-electron chi connectivity index (χ0n) is 11.4. The van der Waals surface area contributed by atoms with Crippen LogP contribution in [-0.2, 0) is 0 Å². The minimum atomic E-state index is -0.581. The first-order valence-electron chi connectivity index (χ1n) is 6.59. The fraction of sp³-hybridized carbons (Fsp3) is 0.538. The molecule has 0 atom stereocenters. The zero-order valence-corrected chi connectivity index (χ0v) is 11.4. The van der Waals surface area contributed by atoms with Crippen molar-refractivity contribution in [2.45, 2.75) is 12.8 Å². The normalized spacial score (nSPS) is 15.6. The summed E-state index contributed by atoms with van der Waals surface area (Å²) in [6.45, 7) is 2.89. The summed E-state index contributed by atoms with van der Waals surface area (Å²) in [4.78, 5) is 16.2. The Kier molecular flexibility index (Phi) is 4.48. The van der Waals surface area contributed by atoms with E-state index in [2.05, 4.69) is 10.3 Å². The lowest BCUT2D eigenvalue weighted by atomic mass is 9.98. The van der Waals surface area contributed by atoms with Crippen LogP contribution in [0.2, 0.25) is 0 Å². The Morgan fingerprint density at radius 1 is 1.55 bits per heavy atom. The molecule has 7 nitrogen and oxygen atoms in total. The number of aromatic nitrogens is 1. The average Bonchev–Trinajstić information content (AvgIpc) is 2.47. The lowest BCUT2D eigenvalue weighted by Crippen LogP contribution is -2.34. The van der Waals surface area contributed by atoms with Gasteiger partial charge in [0.05, 0.1) is 4.92 Å². The average molecular weight is 275 g/mol. The largest absolute Gasteiger partial charge is 0.359 e. The van der Waals surface area contributed by atoms with Crippen molar-refractivity contribution in [2.75, 3.05) is 31.6 Å². The second kappa shape index (κ2) is 6.30. The van der Waals surface area contributed by atoms with Gasteiger partial charge in [-0.15, -0.1) is 0 Å². The summed E-state index contributed by atoms with van der Waals surface area (Å²) in [6.07, 6.45) is 2.23. The van der Waals surface area contributed by atoms with Crippen molar-refractivity contribution in [1.82, 2.24) is 10.3 Å². The van der Waals surface area contributed by atoms with Gasteiger partial charge >= 0.3 is 5.69 Å². The van der Waals surface area contributed by atoms with Crippen LogP contribution in [0.5, 0.6) is 0 Å². The topological polar surface area (TPSA) is 95.1 Å². The van der Waals surface area contributed by atoms with E-state index < -0.39 is 4.92 Å². The van der Waals surface area contributed by atoms with Crippen molar-refractivity contribution in [3.8, 4) is 6.07 Å². The SMILES string of the molecule is CN(CC1CCNCC1)c1ccc([N+](=O)[O-])c(C#N)n1. The van der Waals surface area contributed by atoms with Crippen molar-refractivity contribution in [3.05, 3.63) is 27.9 Å². The number of nitro groups is 1. The fourth-order valence-electron chi connectivity index (χ4n) is 2.43. The van der Waals surface area contributed by atoms with Gasteiger partial charge < -0.3 is 10.2 Å². The van der Waals surface area contributed by atoms with E-state index in [-0.39, 0.29) is 11.4 Å². The first-order valence-corrected chi connectivity index (χ1v) is 6.59. The molecule has 0 bridgehead atoms. The predicted octanol–water partition coefficient (Wildman–Crippen LogP) is 1.30.